The SMILES string of the molecule is CCc1ccc(Cc2c(O[C@]3(O)O[C@H](COC(=O)OC)[C@@H](O)[C@H](O)[C@H]3O)nn(C(C)C)c2C(F)(F)F)cc1. The summed E-state index contributed by atoms with van der Waals surface area (Å²) in [5, 5.41) is 45.9. The normalized spacial score (nSPS) is 25.9. The van der Waals surface area contributed by atoms with Gasteiger partial charge in [0.1, 0.15) is 30.6 Å². The number of halogens is 3. The predicted octanol–water partition coefficient (Wildman–Crippen LogP) is 1.93. The number of rotatable bonds is 8. The Hall–Kier alpha value is -2.91. The standard InChI is InChI=1S/C24H31F3N2O9/c1-5-13-6-8-14(9-7-13)10-15-19(23(25,26)27)29(12(2)3)28-21(15)38-24(34)20(32)18(31)17(30)16(37-24)11-36-22(33)35-4/h6-9,12,16-18,20,30-32,34H,5,10-11H2,1-4H3/t16-,17-,18+,20-,24-/m1/s1. The van der Waals surface area contributed by atoms with Crippen molar-refractivity contribution in [2.45, 2.75) is 76.2 Å². The first-order chi connectivity index (χ1) is 17.7. The molecule has 1 aliphatic rings. The molecule has 1 saturated heterocycles. The van der Waals surface area contributed by atoms with E-state index in [-0.39, 0.29) is 6.42 Å². The summed E-state index contributed by atoms with van der Waals surface area (Å²) in [6, 6.07) is 6.04. The molecule has 1 aromatic heterocycles. The Balaban J connectivity index is 2.04. The maximum atomic E-state index is 14.2. The van der Waals surface area contributed by atoms with E-state index in [1.54, 1.807) is 24.3 Å². The van der Waals surface area contributed by atoms with E-state index in [4.69, 9.17) is 9.47 Å². The third kappa shape index (κ3) is 6.21. The molecule has 38 heavy (non-hydrogen) atoms. The molecule has 5 atom stereocenters. The van der Waals surface area contributed by atoms with Crippen LogP contribution in [0.15, 0.2) is 24.3 Å². The summed E-state index contributed by atoms with van der Waals surface area (Å²) in [6.07, 6.45) is -13.6. The van der Waals surface area contributed by atoms with Crippen LogP contribution in [-0.4, -0.2) is 80.5 Å². The summed E-state index contributed by atoms with van der Waals surface area (Å²) in [5.74, 6) is -3.90. The van der Waals surface area contributed by atoms with E-state index in [9.17, 15) is 38.4 Å². The highest BCUT2D eigenvalue weighted by Gasteiger charge is 2.56. The molecule has 0 spiro atoms. The van der Waals surface area contributed by atoms with Crippen LogP contribution in [0.25, 0.3) is 0 Å². The molecule has 1 fully saturated rings. The van der Waals surface area contributed by atoms with Crippen molar-refractivity contribution in [2.24, 2.45) is 0 Å². The predicted molar refractivity (Wildman–Crippen MR) is 123 cm³/mol. The van der Waals surface area contributed by atoms with Crippen LogP contribution in [0.1, 0.15) is 49.2 Å². The zero-order valence-corrected chi connectivity index (χ0v) is 21.2. The van der Waals surface area contributed by atoms with Gasteiger partial charge in [-0.2, -0.15) is 13.2 Å². The quantitative estimate of drug-likeness (QED) is 0.284. The van der Waals surface area contributed by atoms with E-state index in [1.165, 1.54) is 13.8 Å². The number of aromatic nitrogens is 2. The van der Waals surface area contributed by atoms with E-state index < -0.39 is 72.5 Å². The molecule has 0 amide bonds. The van der Waals surface area contributed by atoms with Crippen molar-refractivity contribution < 1.29 is 57.3 Å². The first-order valence-corrected chi connectivity index (χ1v) is 11.8. The molecule has 3 rings (SSSR count). The largest absolute Gasteiger partial charge is 0.508 e. The highest BCUT2D eigenvalue weighted by Crippen LogP contribution is 2.41. The fraction of sp³-hybridized carbons (Fsp3) is 0.583. The van der Waals surface area contributed by atoms with Crippen molar-refractivity contribution in [1.29, 1.82) is 0 Å². The Morgan fingerprint density at radius 2 is 1.76 bits per heavy atom. The lowest BCUT2D eigenvalue weighted by Gasteiger charge is -2.44. The lowest BCUT2D eigenvalue weighted by Crippen LogP contribution is -2.67. The van der Waals surface area contributed by atoms with Crippen LogP contribution >= 0.6 is 0 Å². The molecule has 14 heteroatoms. The van der Waals surface area contributed by atoms with Gasteiger partial charge in [0.15, 0.2) is 6.10 Å². The Morgan fingerprint density at radius 1 is 1.16 bits per heavy atom. The van der Waals surface area contributed by atoms with Crippen LogP contribution in [0.2, 0.25) is 0 Å². The van der Waals surface area contributed by atoms with Crippen LogP contribution in [0.3, 0.4) is 0 Å². The van der Waals surface area contributed by atoms with E-state index in [2.05, 4.69) is 14.6 Å². The van der Waals surface area contributed by atoms with Gasteiger partial charge in [-0.05, 0) is 31.4 Å². The number of carbonyl (C=O) groups is 1. The molecule has 0 unspecified atom stereocenters. The Bertz CT molecular complexity index is 1110. The lowest BCUT2D eigenvalue weighted by molar-refractivity contribution is -0.423. The average molecular weight is 549 g/mol. The monoisotopic (exact) mass is 548 g/mol. The van der Waals surface area contributed by atoms with Crippen molar-refractivity contribution in [3.8, 4) is 5.88 Å². The van der Waals surface area contributed by atoms with Gasteiger partial charge in [-0.1, -0.05) is 31.2 Å². The number of aliphatic hydroxyl groups excluding tert-OH is 3. The topological polar surface area (TPSA) is 153 Å². The highest BCUT2D eigenvalue weighted by atomic mass is 19.4. The third-order valence-corrected chi connectivity index (χ3v) is 6.06. The maximum absolute atomic E-state index is 14.2. The number of ether oxygens (including phenoxy) is 4. The summed E-state index contributed by atoms with van der Waals surface area (Å²) >= 11 is 0. The van der Waals surface area contributed by atoms with Crippen molar-refractivity contribution in [3.05, 3.63) is 46.6 Å². The highest BCUT2D eigenvalue weighted by molar-refractivity contribution is 5.59. The van der Waals surface area contributed by atoms with Gasteiger partial charge in [0, 0.05) is 12.5 Å². The molecule has 2 heterocycles. The van der Waals surface area contributed by atoms with Gasteiger partial charge >= 0.3 is 18.3 Å². The van der Waals surface area contributed by atoms with Crippen LogP contribution in [-0.2, 0) is 33.2 Å². The fourth-order valence-electron chi connectivity index (χ4n) is 4.00. The number of nitrogens with zero attached hydrogens (tertiary/aromatic N) is 2. The number of benzene rings is 1. The van der Waals surface area contributed by atoms with Gasteiger partial charge in [0.05, 0.1) is 12.7 Å². The zero-order chi connectivity index (χ0) is 28.4. The second kappa shape index (κ2) is 11.5. The lowest BCUT2D eigenvalue weighted by atomic mass is 9.97. The molecule has 0 aliphatic carbocycles. The maximum Gasteiger partial charge on any atom is 0.508 e. The minimum absolute atomic E-state index is 0.312. The molecule has 0 saturated carbocycles. The van der Waals surface area contributed by atoms with Crippen molar-refractivity contribution >= 4 is 6.16 Å². The van der Waals surface area contributed by atoms with Gasteiger partial charge in [-0.3, -0.25) is 4.68 Å². The van der Waals surface area contributed by atoms with Crippen LogP contribution in [0.5, 0.6) is 5.88 Å². The molecule has 11 nitrogen and oxygen atoms in total. The summed E-state index contributed by atoms with van der Waals surface area (Å²) < 4.78 is 63.0. The van der Waals surface area contributed by atoms with Gasteiger partial charge in [0.2, 0.25) is 5.88 Å². The van der Waals surface area contributed by atoms with Crippen LogP contribution in [0, 0.1) is 0 Å². The van der Waals surface area contributed by atoms with Gasteiger partial charge in [0.25, 0.3) is 0 Å². The number of aryl methyl sites for hydroxylation is 1. The Kier molecular flexibility index (Phi) is 8.93. The molecule has 212 valence electrons. The van der Waals surface area contributed by atoms with E-state index in [1.807, 2.05) is 6.92 Å². The number of carbonyl (C=O) groups excluding carboxylic acids is 1. The minimum Gasteiger partial charge on any atom is -0.438 e. The van der Waals surface area contributed by atoms with Crippen LogP contribution < -0.4 is 4.74 Å². The molecular weight excluding hydrogens is 517 g/mol. The summed E-state index contributed by atoms with van der Waals surface area (Å²) in [4.78, 5) is 11.3. The molecule has 1 aliphatic heterocycles. The minimum atomic E-state index is -4.88. The fourth-order valence-corrected chi connectivity index (χ4v) is 4.00. The van der Waals surface area contributed by atoms with Crippen molar-refractivity contribution in [2.75, 3.05) is 13.7 Å². The van der Waals surface area contributed by atoms with Gasteiger partial charge < -0.3 is 39.4 Å². The van der Waals surface area contributed by atoms with E-state index in [0.29, 0.717) is 10.2 Å². The molecule has 0 bridgehead atoms. The first kappa shape index (κ1) is 29.6. The van der Waals surface area contributed by atoms with Crippen LogP contribution in [0.4, 0.5) is 18.0 Å². The molecule has 1 aromatic carbocycles. The van der Waals surface area contributed by atoms with Crippen molar-refractivity contribution in [1.82, 2.24) is 9.78 Å². The van der Waals surface area contributed by atoms with Gasteiger partial charge in [-0.25, -0.2) is 4.79 Å². The first-order valence-electron chi connectivity index (χ1n) is 11.8. The summed E-state index contributed by atoms with van der Waals surface area (Å²) in [7, 11) is 1.01. The Morgan fingerprint density at radius 3 is 2.29 bits per heavy atom. The average Bonchev–Trinajstić information content (AvgIpc) is 3.22. The van der Waals surface area contributed by atoms with E-state index in [0.717, 1.165) is 19.1 Å². The third-order valence-electron chi connectivity index (χ3n) is 6.06. The number of aliphatic hydroxyl groups is 4. The zero-order valence-electron chi connectivity index (χ0n) is 21.2. The number of methoxy groups -OCH3 is 1. The second-order valence-corrected chi connectivity index (χ2v) is 9.10. The Labute approximate surface area is 216 Å². The smallest absolute Gasteiger partial charge is 0.438 e. The second-order valence-electron chi connectivity index (χ2n) is 9.10. The summed E-state index contributed by atoms with van der Waals surface area (Å²) in [5.41, 5.74) is -0.137. The molecule has 4 N–H and O–H groups in total. The number of hydrogen-bond donors (Lipinski definition) is 4. The number of alkyl halides is 3. The van der Waals surface area contributed by atoms with Crippen molar-refractivity contribution in [3.63, 3.8) is 0 Å². The van der Waals surface area contributed by atoms with Gasteiger partial charge in [-0.15, -0.1) is 5.10 Å². The molecule has 0 radical (unpaired) electrons. The molecular formula is C24H31F3N2O9. The van der Waals surface area contributed by atoms with E-state index >= 15 is 0 Å². The summed E-state index contributed by atoms with van der Waals surface area (Å²) in [6.45, 7) is 4.11. The molecule has 2 aromatic rings. The number of hydrogen-bond acceptors (Lipinski definition) is 10.